The predicted molar refractivity (Wildman–Crippen MR) is 112 cm³/mol. The molecule has 194 valence electrons. The van der Waals surface area contributed by atoms with E-state index in [4.69, 9.17) is 24.0 Å². The number of benzene rings is 1. The van der Waals surface area contributed by atoms with Gasteiger partial charge >= 0.3 is 12.3 Å². The van der Waals surface area contributed by atoms with Gasteiger partial charge in [-0.05, 0) is 55.7 Å². The molecule has 4 aliphatic heterocycles. The molecule has 1 aliphatic carbocycles. The van der Waals surface area contributed by atoms with Gasteiger partial charge in [-0.25, -0.2) is 14.6 Å². The van der Waals surface area contributed by atoms with Crippen molar-refractivity contribution < 1.29 is 51.8 Å². The minimum atomic E-state index is -5.00. The molecule has 5 aliphatic rings. The Hall–Kier alpha value is -1.92. The Labute approximate surface area is 200 Å². The highest BCUT2D eigenvalue weighted by atomic mass is 19.4. The summed E-state index contributed by atoms with van der Waals surface area (Å²) < 4.78 is 60.3. The van der Waals surface area contributed by atoms with Crippen LogP contribution in [0.1, 0.15) is 62.4 Å². The Balaban J connectivity index is 1.36. The summed E-state index contributed by atoms with van der Waals surface area (Å²) >= 11 is 0. The standard InChI is InChI=1S/C24H29F3O8/c1-12-4-6-17-13(2)20(31-21-23(17)16(12)8-9-22(3,33-21)34-35-23)30-11-14-5-7-18(32-24(25,26)27)15(10-14)19(28)29/h5,7,10,12-13,16-17,20-21H,4,6,8-9,11H2,1-3H3,(H,28,29)/t12-,13-,16+,17+,20+,21-,22-,23-/m1/s1. The molecule has 4 saturated heterocycles. The lowest BCUT2D eigenvalue weighted by Gasteiger charge is -2.60. The van der Waals surface area contributed by atoms with Crippen molar-refractivity contribution >= 4 is 5.97 Å². The molecule has 0 unspecified atom stereocenters. The van der Waals surface area contributed by atoms with Crippen molar-refractivity contribution in [2.45, 2.75) is 83.4 Å². The van der Waals surface area contributed by atoms with Gasteiger partial charge in [-0.2, -0.15) is 0 Å². The molecule has 1 aromatic carbocycles. The third kappa shape index (κ3) is 4.31. The molecule has 2 bridgehead atoms. The second kappa shape index (κ2) is 8.58. The zero-order valence-corrected chi connectivity index (χ0v) is 19.7. The van der Waals surface area contributed by atoms with E-state index in [9.17, 15) is 23.1 Å². The van der Waals surface area contributed by atoms with E-state index in [0.29, 0.717) is 17.9 Å². The first-order valence-electron chi connectivity index (χ1n) is 11.9. The molecule has 6 rings (SSSR count). The molecule has 8 atom stereocenters. The second-order valence-corrected chi connectivity index (χ2v) is 10.3. The minimum absolute atomic E-state index is 0.0484. The van der Waals surface area contributed by atoms with E-state index in [2.05, 4.69) is 11.7 Å². The lowest BCUT2D eigenvalue weighted by Crippen LogP contribution is -2.70. The van der Waals surface area contributed by atoms with Gasteiger partial charge in [-0.3, -0.25) is 0 Å². The summed E-state index contributed by atoms with van der Waals surface area (Å²) in [6.45, 7) is 5.99. The van der Waals surface area contributed by atoms with Gasteiger partial charge < -0.3 is 24.1 Å². The number of hydrogen-bond acceptors (Lipinski definition) is 7. The van der Waals surface area contributed by atoms with Gasteiger partial charge in [-0.1, -0.05) is 19.9 Å². The van der Waals surface area contributed by atoms with Crippen LogP contribution in [-0.4, -0.2) is 41.4 Å². The number of hydrogen-bond donors (Lipinski definition) is 1. The molecule has 0 aromatic heterocycles. The van der Waals surface area contributed by atoms with Crippen molar-refractivity contribution in [3.8, 4) is 5.75 Å². The van der Waals surface area contributed by atoms with Crippen LogP contribution in [0.25, 0.3) is 0 Å². The maximum Gasteiger partial charge on any atom is 0.573 e. The topological polar surface area (TPSA) is 92.7 Å². The summed E-state index contributed by atoms with van der Waals surface area (Å²) in [5.41, 5.74) is -0.968. The van der Waals surface area contributed by atoms with Crippen molar-refractivity contribution in [1.29, 1.82) is 0 Å². The Morgan fingerprint density at radius 2 is 1.94 bits per heavy atom. The van der Waals surface area contributed by atoms with Gasteiger partial charge in [0.2, 0.25) is 5.79 Å². The number of halogens is 3. The van der Waals surface area contributed by atoms with E-state index in [1.54, 1.807) is 0 Å². The van der Waals surface area contributed by atoms with E-state index in [0.717, 1.165) is 31.4 Å². The molecule has 4 heterocycles. The smallest absolute Gasteiger partial charge is 0.478 e. The van der Waals surface area contributed by atoms with Crippen molar-refractivity contribution in [2.24, 2.45) is 23.7 Å². The van der Waals surface area contributed by atoms with Gasteiger partial charge in [-0.15, -0.1) is 13.2 Å². The fraction of sp³-hybridized carbons (Fsp3) is 0.708. The second-order valence-electron chi connectivity index (χ2n) is 10.3. The molecule has 0 amide bonds. The number of carbonyl (C=O) groups is 1. The van der Waals surface area contributed by atoms with Gasteiger partial charge in [0.15, 0.2) is 18.2 Å². The van der Waals surface area contributed by atoms with Gasteiger partial charge in [0.25, 0.3) is 0 Å². The van der Waals surface area contributed by atoms with Gasteiger partial charge in [0.05, 0.1) is 6.61 Å². The highest BCUT2D eigenvalue weighted by molar-refractivity contribution is 5.91. The normalized spacial score (nSPS) is 40.6. The van der Waals surface area contributed by atoms with Crippen LogP contribution < -0.4 is 4.74 Å². The monoisotopic (exact) mass is 502 g/mol. The average molecular weight is 502 g/mol. The molecular formula is C24H29F3O8. The number of rotatable bonds is 5. The molecule has 8 nitrogen and oxygen atoms in total. The number of carboxylic acids is 1. The first kappa shape index (κ1) is 24.8. The molecule has 0 radical (unpaired) electrons. The first-order valence-corrected chi connectivity index (χ1v) is 11.9. The lowest BCUT2D eigenvalue weighted by atomic mass is 9.58. The van der Waals surface area contributed by atoms with E-state index in [1.165, 1.54) is 6.07 Å². The molecule has 1 saturated carbocycles. The molecule has 5 fully saturated rings. The van der Waals surface area contributed by atoms with Crippen LogP contribution in [0.2, 0.25) is 0 Å². The fourth-order valence-electron chi connectivity index (χ4n) is 6.29. The van der Waals surface area contributed by atoms with Crippen LogP contribution in [0.5, 0.6) is 5.75 Å². The lowest BCUT2D eigenvalue weighted by molar-refractivity contribution is -0.577. The summed E-state index contributed by atoms with van der Waals surface area (Å²) in [6.07, 6.45) is -2.88. The predicted octanol–water partition coefficient (Wildman–Crippen LogP) is 5.01. The minimum Gasteiger partial charge on any atom is -0.478 e. The Morgan fingerprint density at radius 3 is 2.66 bits per heavy atom. The van der Waals surface area contributed by atoms with E-state index in [1.807, 2.05) is 13.8 Å². The van der Waals surface area contributed by atoms with Crippen molar-refractivity contribution in [3.05, 3.63) is 29.3 Å². The highest BCUT2D eigenvalue weighted by Crippen LogP contribution is 2.60. The summed E-state index contributed by atoms with van der Waals surface area (Å²) in [7, 11) is 0. The molecule has 1 spiro atoms. The molecule has 1 N–H and O–H groups in total. The zero-order valence-electron chi connectivity index (χ0n) is 19.7. The van der Waals surface area contributed by atoms with E-state index < -0.39 is 47.6 Å². The maximum atomic E-state index is 12.6. The van der Waals surface area contributed by atoms with Crippen LogP contribution in [0, 0.1) is 23.7 Å². The van der Waals surface area contributed by atoms with Crippen LogP contribution in [0.15, 0.2) is 18.2 Å². The summed E-state index contributed by atoms with van der Waals surface area (Å²) in [4.78, 5) is 23.4. The zero-order chi connectivity index (χ0) is 25.2. The number of alkyl halides is 3. The Bertz CT molecular complexity index is 986. The van der Waals surface area contributed by atoms with Crippen molar-refractivity contribution in [2.75, 3.05) is 0 Å². The van der Waals surface area contributed by atoms with Crippen LogP contribution in [0.4, 0.5) is 13.2 Å². The summed E-state index contributed by atoms with van der Waals surface area (Å²) in [5, 5.41) is 9.35. The number of aromatic carboxylic acids is 1. The van der Waals surface area contributed by atoms with Crippen molar-refractivity contribution in [1.82, 2.24) is 0 Å². The number of ether oxygens (including phenoxy) is 4. The summed E-state index contributed by atoms with van der Waals surface area (Å²) in [5.74, 6) is -2.66. The molecule has 11 heteroatoms. The third-order valence-electron chi connectivity index (χ3n) is 8.01. The summed E-state index contributed by atoms with van der Waals surface area (Å²) in [6, 6.07) is 3.42. The van der Waals surface area contributed by atoms with Crippen LogP contribution in [0.3, 0.4) is 0 Å². The highest BCUT2D eigenvalue weighted by Gasteiger charge is 2.69. The first-order chi connectivity index (χ1) is 16.4. The fourth-order valence-corrected chi connectivity index (χ4v) is 6.29. The largest absolute Gasteiger partial charge is 0.573 e. The molecule has 35 heavy (non-hydrogen) atoms. The number of fused-ring (bicyclic) bond motifs is 2. The van der Waals surface area contributed by atoms with Gasteiger partial charge in [0.1, 0.15) is 11.3 Å². The Morgan fingerprint density at radius 1 is 1.17 bits per heavy atom. The van der Waals surface area contributed by atoms with E-state index in [-0.39, 0.29) is 24.4 Å². The van der Waals surface area contributed by atoms with Crippen molar-refractivity contribution in [3.63, 3.8) is 0 Å². The maximum absolute atomic E-state index is 12.6. The number of carboxylic acid groups (broad SMARTS) is 1. The van der Waals surface area contributed by atoms with E-state index >= 15 is 0 Å². The Kier molecular flexibility index (Phi) is 6.07. The van der Waals surface area contributed by atoms with Gasteiger partial charge in [0, 0.05) is 18.3 Å². The van der Waals surface area contributed by atoms with Crippen LogP contribution >= 0.6 is 0 Å². The third-order valence-corrected chi connectivity index (χ3v) is 8.01. The molecule has 1 aromatic rings. The quantitative estimate of drug-likeness (QED) is 0.562. The molecular weight excluding hydrogens is 473 g/mol. The SMILES string of the molecule is C[C@H]1[C@@H](OCc2ccc(OC(F)(F)F)c(C(=O)O)c2)O[C@@H]2O[C@@]3(C)CC[C@H]4[C@H](C)CC[C@@H]1[C@@]24OO3. The average Bonchev–Trinajstić information content (AvgIpc) is 3.00. The van der Waals surface area contributed by atoms with Crippen LogP contribution in [-0.2, 0) is 30.6 Å².